The molecule has 2 atom stereocenters. The molecular formula is C25H32N4O4. The van der Waals surface area contributed by atoms with Crippen LogP contribution in [0.1, 0.15) is 55.1 Å². The highest BCUT2D eigenvalue weighted by Crippen LogP contribution is 2.43. The van der Waals surface area contributed by atoms with Gasteiger partial charge in [0.2, 0.25) is 17.7 Å². The number of methoxy groups -OCH3 is 1. The molecule has 2 saturated heterocycles. The Morgan fingerprint density at radius 2 is 2.03 bits per heavy atom. The highest BCUT2D eigenvalue weighted by Gasteiger charge is 2.54. The second-order valence-corrected chi connectivity index (χ2v) is 9.09. The summed E-state index contributed by atoms with van der Waals surface area (Å²) in [6.45, 7) is 3.00. The van der Waals surface area contributed by atoms with Crippen molar-refractivity contribution in [3.63, 3.8) is 0 Å². The SMILES string of the molecule is COCCN1C(=O)C[C@@](CC(=O)N2CCCC[C@@H]2c2nccn2C)(c2ccccc2C)C1=O. The number of hydrogen-bond donors (Lipinski definition) is 0. The molecule has 0 N–H and O–H groups in total. The zero-order chi connectivity index (χ0) is 23.6. The highest BCUT2D eigenvalue weighted by atomic mass is 16.5. The van der Waals surface area contributed by atoms with E-state index in [2.05, 4.69) is 4.98 Å². The summed E-state index contributed by atoms with van der Waals surface area (Å²) < 4.78 is 7.06. The molecule has 2 aliphatic rings. The maximum Gasteiger partial charge on any atom is 0.240 e. The summed E-state index contributed by atoms with van der Waals surface area (Å²) in [7, 11) is 3.47. The zero-order valence-corrected chi connectivity index (χ0v) is 19.6. The van der Waals surface area contributed by atoms with Gasteiger partial charge >= 0.3 is 0 Å². The molecule has 0 saturated carbocycles. The van der Waals surface area contributed by atoms with Crippen molar-refractivity contribution in [1.82, 2.24) is 19.4 Å². The molecule has 0 unspecified atom stereocenters. The van der Waals surface area contributed by atoms with Gasteiger partial charge in [-0.2, -0.15) is 0 Å². The van der Waals surface area contributed by atoms with E-state index in [0.717, 1.165) is 36.2 Å². The number of carbonyl (C=O) groups is 3. The maximum absolute atomic E-state index is 13.8. The molecule has 8 heteroatoms. The Kier molecular flexibility index (Phi) is 6.65. The molecule has 8 nitrogen and oxygen atoms in total. The Bertz CT molecular complexity index is 1050. The Morgan fingerprint density at radius 1 is 1.24 bits per heavy atom. The minimum atomic E-state index is -1.20. The standard InChI is InChI=1S/C25H32N4O4/c1-18-8-4-5-9-19(18)25(17-22(31)29(24(25)32)14-15-33-3)16-21(30)28-12-7-6-10-20(28)23-26-11-13-27(23)2/h4-5,8-9,11,13,20H,6-7,10,12,14-17H2,1-3H3/t20-,25+/m1/s1. The molecular weight excluding hydrogens is 420 g/mol. The van der Waals surface area contributed by atoms with Crippen LogP contribution in [-0.2, 0) is 31.6 Å². The number of carbonyl (C=O) groups excluding carboxylic acids is 3. The molecule has 0 aliphatic carbocycles. The van der Waals surface area contributed by atoms with E-state index in [4.69, 9.17) is 4.74 Å². The van der Waals surface area contributed by atoms with Crippen LogP contribution < -0.4 is 0 Å². The van der Waals surface area contributed by atoms with Gasteiger partial charge in [-0.15, -0.1) is 0 Å². The third-order valence-corrected chi connectivity index (χ3v) is 7.02. The largest absolute Gasteiger partial charge is 0.383 e. The average molecular weight is 453 g/mol. The number of aromatic nitrogens is 2. The van der Waals surface area contributed by atoms with Crippen LogP contribution >= 0.6 is 0 Å². The summed E-state index contributed by atoms with van der Waals surface area (Å²) in [5.74, 6) is 0.175. The third kappa shape index (κ3) is 4.19. The maximum atomic E-state index is 13.8. The number of likely N-dealkylation sites (tertiary alicyclic amines) is 2. The van der Waals surface area contributed by atoms with Crippen molar-refractivity contribution in [2.24, 2.45) is 7.05 Å². The van der Waals surface area contributed by atoms with Crippen molar-refractivity contribution in [2.75, 3.05) is 26.8 Å². The van der Waals surface area contributed by atoms with E-state index in [9.17, 15) is 14.4 Å². The highest BCUT2D eigenvalue weighted by molar-refractivity contribution is 6.11. The molecule has 176 valence electrons. The zero-order valence-electron chi connectivity index (χ0n) is 19.6. The van der Waals surface area contributed by atoms with Gasteiger partial charge in [0.05, 0.1) is 24.6 Å². The van der Waals surface area contributed by atoms with Crippen molar-refractivity contribution in [2.45, 2.75) is 50.5 Å². The van der Waals surface area contributed by atoms with Crippen LogP contribution in [-0.4, -0.2) is 63.9 Å². The number of benzene rings is 1. The van der Waals surface area contributed by atoms with Crippen LogP contribution in [0.25, 0.3) is 0 Å². The van der Waals surface area contributed by atoms with Gasteiger partial charge in [0.1, 0.15) is 5.82 Å². The van der Waals surface area contributed by atoms with Crippen LogP contribution in [0.2, 0.25) is 0 Å². The van der Waals surface area contributed by atoms with Crippen molar-refractivity contribution < 1.29 is 19.1 Å². The topological polar surface area (TPSA) is 84.7 Å². The normalized spacial score (nSPS) is 23.4. The van der Waals surface area contributed by atoms with Gasteiger partial charge in [0.15, 0.2) is 0 Å². The molecule has 0 spiro atoms. The van der Waals surface area contributed by atoms with Gasteiger partial charge in [-0.3, -0.25) is 19.3 Å². The lowest BCUT2D eigenvalue weighted by Crippen LogP contribution is -2.46. The summed E-state index contributed by atoms with van der Waals surface area (Å²) in [6.07, 6.45) is 6.35. The van der Waals surface area contributed by atoms with Crippen LogP contribution in [0.15, 0.2) is 36.7 Å². The quantitative estimate of drug-likeness (QED) is 0.603. The molecule has 0 radical (unpaired) electrons. The monoisotopic (exact) mass is 452 g/mol. The van der Waals surface area contributed by atoms with E-state index < -0.39 is 5.41 Å². The van der Waals surface area contributed by atoms with E-state index >= 15 is 0 Å². The first-order valence-corrected chi connectivity index (χ1v) is 11.6. The van der Waals surface area contributed by atoms with E-state index in [0.29, 0.717) is 6.54 Å². The van der Waals surface area contributed by atoms with E-state index in [-0.39, 0.29) is 49.8 Å². The average Bonchev–Trinajstić information content (AvgIpc) is 3.33. The van der Waals surface area contributed by atoms with Crippen molar-refractivity contribution >= 4 is 17.7 Å². The fourth-order valence-electron chi connectivity index (χ4n) is 5.32. The Balaban J connectivity index is 1.70. The Hall–Kier alpha value is -3.00. The molecule has 1 aromatic heterocycles. The van der Waals surface area contributed by atoms with Gasteiger partial charge in [-0.1, -0.05) is 24.3 Å². The van der Waals surface area contributed by atoms with Crippen molar-refractivity contribution in [3.8, 4) is 0 Å². The summed E-state index contributed by atoms with van der Waals surface area (Å²) in [5.41, 5.74) is 0.457. The molecule has 4 rings (SSSR count). The molecule has 1 aromatic carbocycles. The smallest absolute Gasteiger partial charge is 0.240 e. The van der Waals surface area contributed by atoms with Crippen LogP contribution in [0, 0.1) is 6.92 Å². The van der Waals surface area contributed by atoms with Crippen LogP contribution in [0.5, 0.6) is 0 Å². The minimum absolute atomic E-state index is 0.00689. The predicted molar refractivity (Wildman–Crippen MR) is 122 cm³/mol. The van der Waals surface area contributed by atoms with Crippen molar-refractivity contribution in [3.05, 3.63) is 53.6 Å². The number of rotatable bonds is 7. The lowest BCUT2D eigenvalue weighted by molar-refractivity contribution is -0.144. The second kappa shape index (κ2) is 9.47. The molecule has 3 heterocycles. The Labute approximate surface area is 194 Å². The lowest BCUT2D eigenvalue weighted by atomic mass is 9.73. The number of hydrogen-bond acceptors (Lipinski definition) is 5. The number of imide groups is 1. The predicted octanol–water partition coefficient (Wildman–Crippen LogP) is 2.52. The first-order chi connectivity index (χ1) is 15.9. The first kappa shape index (κ1) is 23.2. The Morgan fingerprint density at radius 3 is 2.73 bits per heavy atom. The van der Waals surface area contributed by atoms with Gasteiger partial charge in [-0.05, 0) is 37.3 Å². The van der Waals surface area contributed by atoms with Crippen LogP contribution in [0.4, 0.5) is 0 Å². The summed E-state index contributed by atoms with van der Waals surface area (Å²) in [5, 5.41) is 0. The van der Waals surface area contributed by atoms with Crippen LogP contribution in [0.3, 0.4) is 0 Å². The number of piperidine rings is 1. The molecule has 2 aliphatic heterocycles. The number of amides is 3. The lowest BCUT2D eigenvalue weighted by Gasteiger charge is -2.38. The van der Waals surface area contributed by atoms with Gasteiger partial charge in [0, 0.05) is 45.9 Å². The molecule has 33 heavy (non-hydrogen) atoms. The number of aryl methyl sites for hydroxylation is 2. The van der Waals surface area contributed by atoms with E-state index in [1.165, 1.54) is 12.0 Å². The van der Waals surface area contributed by atoms with E-state index in [1.54, 1.807) is 6.20 Å². The fraction of sp³-hybridized carbons (Fsp3) is 0.520. The number of ether oxygens (including phenoxy) is 1. The number of nitrogens with zero attached hydrogens (tertiary/aromatic N) is 4. The summed E-state index contributed by atoms with van der Waals surface area (Å²) >= 11 is 0. The summed E-state index contributed by atoms with van der Waals surface area (Å²) in [6, 6.07) is 7.44. The number of imidazole rings is 1. The minimum Gasteiger partial charge on any atom is -0.383 e. The third-order valence-electron chi connectivity index (χ3n) is 7.02. The molecule has 0 bridgehead atoms. The van der Waals surface area contributed by atoms with Gasteiger partial charge in [-0.25, -0.2) is 4.98 Å². The van der Waals surface area contributed by atoms with Gasteiger partial charge in [0.25, 0.3) is 0 Å². The molecule has 3 amide bonds. The van der Waals surface area contributed by atoms with Gasteiger partial charge < -0.3 is 14.2 Å². The fourth-order valence-corrected chi connectivity index (χ4v) is 5.32. The molecule has 2 aromatic rings. The summed E-state index contributed by atoms with van der Waals surface area (Å²) in [4.78, 5) is 48.1. The second-order valence-electron chi connectivity index (χ2n) is 9.09. The molecule has 2 fully saturated rings. The first-order valence-electron chi connectivity index (χ1n) is 11.6. The van der Waals surface area contributed by atoms with Crippen molar-refractivity contribution in [1.29, 1.82) is 0 Å². The van der Waals surface area contributed by atoms with E-state index in [1.807, 2.05) is 53.9 Å².